The summed E-state index contributed by atoms with van der Waals surface area (Å²) in [6, 6.07) is 11.6. The molecule has 3 heterocycles. The Morgan fingerprint density at radius 3 is 2.82 bits per heavy atom. The molecule has 2 aromatic heterocycles. The number of aromatic nitrogens is 3. The van der Waals surface area contributed by atoms with Gasteiger partial charge in [-0.2, -0.15) is 0 Å². The maximum atomic E-state index is 13.2. The lowest BCUT2D eigenvalue weighted by molar-refractivity contribution is -0.112. The van der Waals surface area contributed by atoms with Gasteiger partial charge in [-0.3, -0.25) is 9.79 Å². The third kappa shape index (κ3) is 3.08. The molecule has 2 aliphatic rings. The normalized spacial score (nSPS) is 16.3. The van der Waals surface area contributed by atoms with Gasteiger partial charge in [-0.15, -0.1) is 0 Å². The summed E-state index contributed by atoms with van der Waals surface area (Å²) in [5, 5.41) is 11.5. The Balaban J connectivity index is 1.41. The highest BCUT2D eigenvalue weighted by Crippen LogP contribution is 2.44. The molecule has 0 bridgehead atoms. The molecule has 6 rings (SSSR count). The second-order valence-corrected chi connectivity index (χ2v) is 8.77. The monoisotopic (exact) mass is 449 g/mol. The van der Waals surface area contributed by atoms with Crippen molar-refractivity contribution in [2.45, 2.75) is 25.7 Å². The average Bonchev–Trinajstić information content (AvgIpc) is 3.57. The maximum Gasteiger partial charge on any atom is 0.197 e. The fraction of sp³-hybridized carbons (Fsp3) is 0.148. The van der Waals surface area contributed by atoms with Gasteiger partial charge >= 0.3 is 0 Å². The molecule has 0 saturated heterocycles. The summed E-state index contributed by atoms with van der Waals surface area (Å²) in [5.74, 6) is 0.582. The second-order valence-electron chi connectivity index (χ2n) is 8.77. The number of imidazole rings is 1. The van der Waals surface area contributed by atoms with Crippen molar-refractivity contribution in [3.05, 3.63) is 94.6 Å². The third-order valence-corrected chi connectivity index (χ3v) is 6.80. The molecular weight excluding hydrogens is 426 g/mol. The van der Waals surface area contributed by atoms with Crippen molar-refractivity contribution in [3.8, 4) is 5.75 Å². The number of nitrogens with one attached hydrogen (secondary N) is 2. The highest BCUT2D eigenvalue weighted by Gasteiger charge is 2.30. The van der Waals surface area contributed by atoms with E-state index in [1.54, 1.807) is 18.5 Å². The van der Waals surface area contributed by atoms with E-state index in [0.29, 0.717) is 18.1 Å². The number of carbonyl (C=O) groups is 1. The van der Waals surface area contributed by atoms with Gasteiger partial charge in [0.25, 0.3) is 0 Å². The zero-order valence-electron chi connectivity index (χ0n) is 18.6. The van der Waals surface area contributed by atoms with Crippen LogP contribution in [-0.2, 0) is 11.2 Å². The van der Waals surface area contributed by atoms with E-state index >= 15 is 0 Å². The van der Waals surface area contributed by atoms with E-state index in [-0.39, 0.29) is 23.9 Å². The van der Waals surface area contributed by atoms with Crippen LogP contribution in [0.15, 0.2) is 71.6 Å². The molecule has 7 nitrogen and oxygen atoms in total. The lowest BCUT2D eigenvalue weighted by atomic mass is 9.85. The standard InChI is InChI=1S/C27H23N5O2/c1-14(22-13-31-27(28)32-22)16-8-9-23(33)19-7-6-17(25(16)19)15-10-24(34)26(30-11-15)20-12-29-21-5-3-2-4-18(20)21/h2-6,8-9,11-14,29,33H,7,10H2,1H3,(H3,28,31,32). The number of phenols is 1. The van der Waals surface area contributed by atoms with Crippen molar-refractivity contribution < 1.29 is 9.90 Å². The summed E-state index contributed by atoms with van der Waals surface area (Å²) >= 11 is 0. The molecule has 168 valence electrons. The number of fused-ring (bicyclic) bond motifs is 2. The molecule has 7 heteroatoms. The summed E-state index contributed by atoms with van der Waals surface area (Å²) in [5.41, 5.74) is 13.6. The smallest absolute Gasteiger partial charge is 0.197 e. The Morgan fingerprint density at radius 2 is 2.03 bits per heavy atom. The summed E-state index contributed by atoms with van der Waals surface area (Å²) in [6.45, 7) is 2.07. The molecule has 1 atom stereocenters. The highest BCUT2D eigenvalue weighted by molar-refractivity contribution is 6.49. The number of nitrogens with zero attached hydrogens (tertiary/aromatic N) is 2. The van der Waals surface area contributed by atoms with Crippen LogP contribution in [0.5, 0.6) is 5.75 Å². The maximum absolute atomic E-state index is 13.2. The van der Waals surface area contributed by atoms with E-state index in [9.17, 15) is 9.90 Å². The molecule has 4 aromatic rings. The Bertz CT molecular complexity index is 1570. The predicted octanol–water partition coefficient (Wildman–Crippen LogP) is 4.62. The number of nitrogen functional groups attached to an aromatic ring is 1. The number of para-hydroxylation sites is 1. The number of H-pyrrole nitrogens is 2. The molecule has 1 unspecified atom stereocenters. The van der Waals surface area contributed by atoms with E-state index in [4.69, 9.17) is 5.73 Å². The molecule has 1 aliphatic carbocycles. The number of hydrogen-bond acceptors (Lipinski definition) is 5. The Morgan fingerprint density at radius 1 is 1.18 bits per heavy atom. The summed E-state index contributed by atoms with van der Waals surface area (Å²) in [6.07, 6.45) is 8.31. The molecule has 0 amide bonds. The van der Waals surface area contributed by atoms with Crippen molar-refractivity contribution >= 4 is 33.9 Å². The van der Waals surface area contributed by atoms with Crippen molar-refractivity contribution in [2.24, 2.45) is 4.99 Å². The van der Waals surface area contributed by atoms with Crippen LogP contribution in [0.4, 0.5) is 5.95 Å². The van der Waals surface area contributed by atoms with Crippen LogP contribution in [0.1, 0.15) is 47.2 Å². The minimum atomic E-state index is -0.0224. The van der Waals surface area contributed by atoms with Crippen LogP contribution < -0.4 is 5.73 Å². The average molecular weight is 450 g/mol. The van der Waals surface area contributed by atoms with Crippen molar-refractivity contribution in [2.75, 3.05) is 5.73 Å². The number of benzene rings is 2. The number of carbonyl (C=O) groups excluding carboxylic acids is 1. The number of Topliss-reactive ketones (excluding diaryl/α,β-unsaturated/α-hetero) is 1. The van der Waals surface area contributed by atoms with Gasteiger partial charge in [0.2, 0.25) is 0 Å². The number of rotatable bonds is 4. The Labute approximate surface area is 195 Å². The minimum absolute atomic E-state index is 0.0207. The van der Waals surface area contributed by atoms with Gasteiger partial charge in [-0.05, 0) is 40.8 Å². The van der Waals surface area contributed by atoms with E-state index < -0.39 is 0 Å². The van der Waals surface area contributed by atoms with E-state index in [1.165, 1.54) is 0 Å². The Kier molecular flexibility index (Phi) is 4.52. The lowest BCUT2D eigenvalue weighted by Crippen LogP contribution is -2.19. The summed E-state index contributed by atoms with van der Waals surface area (Å²) in [4.78, 5) is 28.3. The number of allylic oxidation sites excluding steroid dienone is 3. The molecule has 1 aliphatic heterocycles. The first-order valence-corrected chi connectivity index (χ1v) is 11.2. The van der Waals surface area contributed by atoms with Gasteiger partial charge in [0.05, 0.1) is 6.20 Å². The number of anilines is 1. The van der Waals surface area contributed by atoms with Gasteiger partial charge in [0.15, 0.2) is 11.7 Å². The van der Waals surface area contributed by atoms with E-state index in [2.05, 4.69) is 32.9 Å². The third-order valence-electron chi connectivity index (χ3n) is 6.80. The van der Waals surface area contributed by atoms with Crippen LogP contribution in [0, 0.1) is 0 Å². The first-order valence-electron chi connectivity index (χ1n) is 11.2. The number of aliphatic imine (C=N–C) groups is 1. The molecule has 0 spiro atoms. The van der Waals surface area contributed by atoms with Crippen LogP contribution in [0.2, 0.25) is 0 Å². The van der Waals surface area contributed by atoms with Gasteiger partial charge in [0.1, 0.15) is 11.5 Å². The molecule has 2 aromatic carbocycles. The second kappa shape index (κ2) is 7.59. The van der Waals surface area contributed by atoms with Crippen molar-refractivity contribution in [1.82, 2.24) is 15.0 Å². The summed E-state index contributed by atoms with van der Waals surface area (Å²) in [7, 11) is 0. The molecule has 0 fully saturated rings. The largest absolute Gasteiger partial charge is 0.508 e. The predicted molar refractivity (Wildman–Crippen MR) is 133 cm³/mol. The van der Waals surface area contributed by atoms with E-state index in [0.717, 1.165) is 50.0 Å². The fourth-order valence-corrected chi connectivity index (χ4v) is 5.05. The molecular formula is C27H23N5O2. The number of nitrogens with two attached hydrogens (primary N) is 1. The number of aromatic amines is 2. The van der Waals surface area contributed by atoms with Gasteiger partial charge in [-0.25, -0.2) is 4.98 Å². The minimum Gasteiger partial charge on any atom is -0.508 e. The first-order chi connectivity index (χ1) is 16.5. The first kappa shape index (κ1) is 20.2. The lowest BCUT2D eigenvalue weighted by Gasteiger charge is -2.20. The number of hydrogen-bond donors (Lipinski definition) is 4. The number of ketones is 1. The van der Waals surface area contributed by atoms with Crippen LogP contribution >= 0.6 is 0 Å². The molecule has 0 saturated carbocycles. The van der Waals surface area contributed by atoms with Crippen molar-refractivity contribution in [3.63, 3.8) is 0 Å². The summed E-state index contributed by atoms with van der Waals surface area (Å²) < 4.78 is 0. The number of phenolic OH excluding ortho intramolecular Hbond substituents is 1. The SMILES string of the molecule is CC(c1cnc(N)[nH]1)c1ccc(O)c2c1C(C1=CN=C(c3c[nH]c4ccccc34)C(=O)C1)=CC2. The topological polar surface area (TPSA) is 120 Å². The molecule has 5 N–H and O–H groups in total. The van der Waals surface area contributed by atoms with E-state index in [1.807, 2.05) is 36.5 Å². The quantitative estimate of drug-likeness (QED) is 0.363. The Hall–Kier alpha value is -4.39. The van der Waals surface area contributed by atoms with Crippen molar-refractivity contribution in [1.29, 1.82) is 0 Å². The zero-order chi connectivity index (χ0) is 23.4. The fourth-order valence-electron chi connectivity index (χ4n) is 5.05. The van der Waals surface area contributed by atoms with Gasteiger partial charge in [-0.1, -0.05) is 37.3 Å². The highest BCUT2D eigenvalue weighted by atomic mass is 16.3. The van der Waals surface area contributed by atoms with Crippen LogP contribution in [0.3, 0.4) is 0 Å². The van der Waals surface area contributed by atoms with Crippen LogP contribution in [0.25, 0.3) is 16.5 Å². The van der Waals surface area contributed by atoms with Crippen LogP contribution in [-0.4, -0.2) is 31.6 Å². The zero-order valence-corrected chi connectivity index (χ0v) is 18.6. The van der Waals surface area contributed by atoms with Gasteiger partial charge in [0, 0.05) is 52.5 Å². The number of aromatic hydroxyl groups is 1. The molecule has 0 radical (unpaired) electrons. The van der Waals surface area contributed by atoms with Gasteiger partial charge < -0.3 is 20.8 Å². The molecule has 34 heavy (non-hydrogen) atoms.